The Hall–Kier alpha value is 0.480. The lowest BCUT2D eigenvalue weighted by molar-refractivity contribution is 0.733. The molecule has 0 radical (unpaired) electrons. The third-order valence-electron chi connectivity index (χ3n) is 1.76. The summed E-state index contributed by atoms with van der Waals surface area (Å²) in [6, 6.07) is 0. The van der Waals surface area contributed by atoms with E-state index in [0.29, 0.717) is 0 Å². The Bertz CT molecular complexity index is 61.2. The lowest BCUT2D eigenvalue weighted by atomic mass is 10.3. The Morgan fingerprint density at radius 2 is 2.29 bits per heavy atom. The standard InChI is InChI=1S/C6H11Br/c1-5-4-6(5)2-3-7/h5-6H,2-4H2,1H3/t5-,6+/m0/s1. The molecule has 0 aromatic rings. The summed E-state index contributed by atoms with van der Waals surface area (Å²) < 4.78 is 0. The molecule has 0 amide bonds. The zero-order chi connectivity index (χ0) is 5.28. The number of hydrogen-bond donors (Lipinski definition) is 0. The Morgan fingerprint density at radius 1 is 1.71 bits per heavy atom. The molecule has 0 unspecified atom stereocenters. The Morgan fingerprint density at radius 3 is 2.43 bits per heavy atom. The first kappa shape index (κ1) is 5.61. The van der Waals surface area contributed by atoms with Crippen LogP contribution in [0.4, 0.5) is 0 Å². The van der Waals surface area contributed by atoms with Crippen LogP contribution in [0.2, 0.25) is 0 Å². The molecule has 0 aromatic heterocycles. The van der Waals surface area contributed by atoms with E-state index in [0.717, 1.165) is 11.8 Å². The van der Waals surface area contributed by atoms with Gasteiger partial charge in [0.2, 0.25) is 0 Å². The largest absolute Gasteiger partial charge is 0.0928 e. The number of alkyl halides is 1. The van der Waals surface area contributed by atoms with Crippen molar-refractivity contribution in [3.63, 3.8) is 0 Å². The summed E-state index contributed by atoms with van der Waals surface area (Å²) >= 11 is 3.42. The molecule has 1 aliphatic rings. The molecule has 7 heavy (non-hydrogen) atoms. The average Bonchev–Trinajstić information content (AvgIpc) is 2.22. The zero-order valence-corrected chi connectivity index (χ0v) is 6.24. The summed E-state index contributed by atoms with van der Waals surface area (Å²) in [5.74, 6) is 2.11. The van der Waals surface area contributed by atoms with E-state index in [1.165, 1.54) is 18.2 Å². The Balaban J connectivity index is 1.98. The van der Waals surface area contributed by atoms with Crippen molar-refractivity contribution in [1.82, 2.24) is 0 Å². The van der Waals surface area contributed by atoms with Crippen molar-refractivity contribution in [2.24, 2.45) is 11.8 Å². The Kier molecular flexibility index (Phi) is 1.74. The van der Waals surface area contributed by atoms with Gasteiger partial charge in [0.05, 0.1) is 0 Å². The number of rotatable bonds is 2. The van der Waals surface area contributed by atoms with E-state index in [-0.39, 0.29) is 0 Å². The van der Waals surface area contributed by atoms with Gasteiger partial charge in [0.1, 0.15) is 0 Å². The minimum absolute atomic E-state index is 1.04. The monoisotopic (exact) mass is 162 g/mol. The number of hydrogen-bond acceptors (Lipinski definition) is 0. The van der Waals surface area contributed by atoms with Gasteiger partial charge < -0.3 is 0 Å². The molecular weight excluding hydrogens is 152 g/mol. The summed E-state index contributed by atoms with van der Waals surface area (Å²) in [4.78, 5) is 0. The van der Waals surface area contributed by atoms with Crippen molar-refractivity contribution >= 4 is 15.9 Å². The fourth-order valence-electron chi connectivity index (χ4n) is 0.941. The van der Waals surface area contributed by atoms with Crippen LogP contribution in [0.1, 0.15) is 19.8 Å². The van der Waals surface area contributed by atoms with E-state index >= 15 is 0 Å². The molecule has 0 heterocycles. The fraction of sp³-hybridized carbons (Fsp3) is 1.00. The molecule has 0 N–H and O–H groups in total. The van der Waals surface area contributed by atoms with Crippen LogP contribution in [0.25, 0.3) is 0 Å². The molecule has 42 valence electrons. The van der Waals surface area contributed by atoms with Crippen LogP contribution in [-0.2, 0) is 0 Å². The van der Waals surface area contributed by atoms with Crippen molar-refractivity contribution in [2.75, 3.05) is 5.33 Å². The summed E-state index contributed by atoms with van der Waals surface area (Å²) in [6.07, 6.45) is 2.87. The molecular formula is C6H11Br. The summed E-state index contributed by atoms with van der Waals surface area (Å²) in [5.41, 5.74) is 0. The molecule has 0 saturated heterocycles. The third-order valence-corrected chi connectivity index (χ3v) is 2.21. The van der Waals surface area contributed by atoms with Crippen LogP contribution in [0.3, 0.4) is 0 Å². The normalized spacial score (nSPS) is 38.6. The minimum atomic E-state index is 1.04. The van der Waals surface area contributed by atoms with Crippen molar-refractivity contribution < 1.29 is 0 Å². The zero-order valence-electron chi connectivity index (χ0n) is 4.65. The highest BCUT2D eigenvalue weighted by molar-refractivity contribution is 9.09. The highest BCUT2D eigenvalue weighted by atomic mass is 79.9. The predicted octanol–water partition coefficient (Wildman–Crippen LogP) is 2.43. The van der Waals surface area contributed by atoms with Crippen molar-refractivity contribution in [2.45, 2.75) is 19.8 Å². The van der Waals surface area contributed by atoms with Gasteiger partial charge in [-0.15, -0.1) is 0 Å². The van der Waals surface area contributed by atoms with E-state index in [2.05, 4.69) is 22.9 Å². The molecule has 1 saturated carbocycles. The van der Waals surface area contributed by atoms with Crippen LogP contribution >= 0.6 is 15.9 Å². The highest BCUT2D eigenvalue weighted by Gasteiger charge is 2.30. The number of halogens is 1. The van der Waals surface area contributed by atoms with Crippen LogP contribution < -0.4 is 0 Å². The first-order valence-electron chi connectivity index (χ1n) is 2.90. The van der Waals surface area contributed by atoms with Gasteiger partial charge in [-0.3, -0.25) is 0 Å². The first-order valence-corrected chi connectivity index (χ1v) is 4.02. The maximum Gasteiger partial charge on any atom is 0.00340 e. The van der Waals surface area contributed by atoms with Crippen molar-refractivity contribution in [1.29, 1.82) is 0 Å². The van der Waals surface area contributed by atoms with E-state index in [1.807, 2.05) is 0 Å². The molecule has 0 spiro atoms. The molecule has 1 rings (SSSR count). The van der Waals surface area contributed by atoms with Gasteiger partial charge in [-0.1, -0.05) is 22.9 Å². The van der Waals surface area contributed by atoms with E-state index in [4.69, 9.17) is 0 Å². The van der Waals surface area contributed by atoms with Gasteiger partial charge in [-0.05, 0) is 24.7 Å². The summed E-state index contributed by atoms with van der Waals surface area (Å²) in [7, 11) is 0. The van der Waals surface area contributed by atoms with Gasteiger partial charge in [-0.25, -0.2) is 0 Å². The van der Waals surface area contributed by atoms with E-state index < -0.39 is 0 Å². The average molecular weight is 163 g/mol. The SMILES string of the molecule is C[C@H]1C[C@H]1CCBr. The second-order valence-electron chi connectivity index (χ2n) is 2.45. The first-order chi connectivity index (χ1) is 3.34. The van der Waals surface area contributed by atoms with Crippen LogP contribution in [0.5, 0.6) is 0 Å². The molecule has 1 fully saturated rings. The molecule has 0 nitrogen and oxygen atoms in total. The second kappa shape index (κ2) is 2.17. The van der Waals surface area contributed by atoms with E-state index in [9.17, 15) is 0 Å². The van der Waals surface area contributed by atoms with Crippen LogP contribution in [0, 0.1) is 11.8 Å². The summed E-state index contributed by atoms with van der Waals surface area (Å²) in [6.45, 7) is 2.33. The Labute approximate surface area is 53.4 Å². The van der Waals surface area contributed by atoms with Crippen LogP contribution in [0.15, 0.2) is 0 Å². The smallest absolute Gasteiger partial charge is 0.00340 e. The minimum Gasteiger partial charge on any atom is -0.0928 e. The molecule has 1 heteroatoms. The fourth-order valence-corrected chi connectivity index (χ4v) is 1.53. The topological polar surface area (TPSA) is 0 Å². The molecule has 1 aliphatic carbocycles. The lowest BCUT2D eigenvalue weighted by Crippen LogP contribution is -1.77. The quantitative estimate of drug-likeness (QED) is 0.548. The van der Waals surface area contributed by atoms with Crippen LogP contribution in [-0.4, -0.2) is 5.33 Å². The van der Waals surface area contributed by atoms with Gasteiger partial charge in [0.25, 0.3) is 0 Å². The van der Waals surface area contributed by atoms with Gasteiger partial charge in [-0.2, -0.15) is 0 Å². The lowest BCUT2D eigenvalue weighted by Gasteiger charge is -1.85. The van der Waals surface area contributed by atoms with E-state index in [1.54, 1.807) is 0 Å². The predicted molar refractivity (Wildman–Crippen MR) is 35.7 cm³/mol. The molecule has 0 aromatic carbocycles. The molecule has 2 atom stereocenters. The third kappa shape index (κ3) is 1.45. The maximum absolute atomic E-state index is 3.42. The molecule has 0 bridgehead atoms. The molecule has 0 aliphatic heterocycles. The highest BCUT2D eigenvalue weighted by Crippen LogP contribution is 2.40. The summed E-state index contributed by atoms with van der Waals surface area (Å²) in [5, 5.41) is 1.20. The van der Waals surface area contributed by atoms with Gasteiger partial charge in [0.15, 0.2) is 0 Å². The second-order valence-corrected chi connectivity index (χ2v) is 3.24. The van der Waals surface area contributed by atoms with Crippen molar-refractivity contribution in [3.8, 4) is 0 Å². The maximum atomic E-state index is 3.42. The van der Waals surface area contributed by atoms with Crippen molar-refractivity contribution in [3.05, 3.63) is 0 Å². The van der Waals surface area contributed by atoms with Gasteiger partial charge >= 0.3 is 0 Å². The van der Waals surface area contributed by atoms with Gasteiger partial charge in [0, 0.05) is 5.33 Å².